The zero-order valence-corrected chi connectivity index (χ0v) is 18.9. The number of benzene rings is 2. The Morgan fingerprint density at radius 3 is 2.48 bits per heavy atom. The van der Waals surface area contributed by atoms with Gasteiger partial charge in [-0.05, 0) is 62.2 Å². The Morgan fingerprint density at radius 2 is 1.84 bits per heavy atom. The highest BCUT2D eigenvalue weighted by Gasteiger charge is 2.21. The third-order valence-electron chi connectivity index (χ3n) is 6.02. The Balaban J connectivity index is 1.55. The van der Waals surface area contributed by atoms with Crippen molar-refractivity contribution in [3.8, 4) is 5.75 Å². The first-order valence-corrected chi connectivity index (χ1v) is 11.2. The number of piperazine rings is 1. The van der Waals surface area contributed by atoms with Gasteiger partial charge in [0, 0.05) is 43.9 Å². The van der Waals surface area contributed by atoms with E-state index in [2.05, 4.69) is 22.0 Å². The lowest BCUT2D eigenvalue weighted by Gasteiger charge is -2.37. The van der Waals surface area contributed by atoms with E-state index in [9.17, 15) is 9.18 Å². The number of halogens is 1. The van der Waals surface area contributed by atoms with Crippen molar-refractivity contribution in [2.75, 3.05) is 44.7 Å². The molecule has 0 bridgehead atoms. The average molecular weight is 428 g/mol. The number of nitrogens with zero attached hydrogens (tertiary/aromatic N) is 2. The number of aryl methyl sites for hydroxylation is 1. The van der Waals surface area contributed by atoms with Crippen LogP contribution in [-0.4, -0.2) is 50.6 Å². The Labute approximate surface area is 185 Å². The van der Waals surface area contributed by atoms with Crippen LogP contribution in [0.2, 0.25) is 0 Å². The zero-order chi connectivity index (χ0) is 22.2. The second kappa shape index (κ2) is 11.1. The van der Waals surface area contributed by atoms with Crippen LogP contribution in [0, 0.1) is 5.82 Å². The average Bonchev–Trinajstić information content (AvgIpc) is 2.79. The van der Waals surface area contributed by atoms with Crippen molar-refractivity contribution in [3.05, 3.63) is 59.4 Å². The number of methoxy groups -OCH3 is 1. The maximum Gasteiger partial charge on any atom is 0.220 e. The molecule has 0 aliphatic carbocycles. The molecule has 1 aliphatic rings. The maximum absolute atomic E-state index is 14.0. The fourth-order valence-corrected chi connectivity index (χ4v) is 4.10. The van der Waals surface area contributed by atoms with Crippen LogP contribution in [-0.2, 0) is 11.2 Å². The number of hydrogen-bond acceptors (Lipinski definition) is 4. The molecule has 1 heterocycles. The van der Waals surface area contributed by atoms with Crippen LogP contribution in [0.4, 0.5) is 10.1 Å². The summed E-state index contributed by atoms with van der Waals surface area (Å²) in [4.78, 5) is 17.2. The van der Waals surface area contributed by atoms with Gasteiger partial charge in [0.1, 0.15) is 11.6 Å². The molecule has 6 heteroatoms. The molecule has 0 saturated carbocycles. The molecule has 0 aromatic heterocycles. The van der Waals surface area contributed by atoms with E-state index in [-0.39, 0.29) is 17.8 Å². The van der Waals surface area contributed by atoms with Crippen molar-refractivity contribution < 1.29 is 13.9 Å². The highest BCUT2D eigenvalue weighted by atomic mass is 19.1. The van der Waals surface area contributed by atoms with Crippen LogP contribution < -0.4 is 15.0 Å². The quantitative estimate of drug-likeness (QED) is 0.652. The van der Waals surface area contributed by atoms with Gasteiger partial charge in [0.15, 0.2) is 0 Å². The summed E-state index contributed by atoms with van der Waals surface area (Å²) in [6, 6.07) is 12.6. The van der Waals surface area contributed by atoms with E-state index < -0.39 is 0 Å². The fraction of sp³-hybridized carbons (Fsp3) is 0.480. The first-order valence-electron chi connectivity index (χ1n) is 11.2. The maximum atomic E-state index is 14.0. The molecule has 1 amide bonds. The molecule has 168 valence electrons. The van der Waals surface area contributed by atoms with Gasteiger partial charge >= 0.3 is 0 Å². The van der Waals surface area contributed by atoms with Crippen molar-refractivity contribution in [1.29, 1.82) is 0 Å². The number of anilines is 1. The Morgan fingerprint density at radius 1 is 1.13 bits per heavy atom. The van der Waals surface area contributed by atoms with Gasteiger partial charge < -0.3 is 19.9 Å². The zero-order valence-electron chi connectivity index (χ0n) is 18.9. The van der Waals surface area contributed by atoms with E-state index in [1.54, 1.807) is 13.2 Å². The van der Waals surface area contributed by atoms with Crippen molar-refractivity contribution in [3.63, 3.8) is 0 Å². The number of ether oxygens (including phenoxy) is 1. The van der Waals surface area contributed by atoms with E-state index in [1.165, 1.54) is 11.6 Å². The van der Waals surface area contributed by atoms with Gasteiger partial charge in [0.05, 0.1) is 13.2 Å². The molecule has 1 atom stereocenters. The third kappa shape index (κ3) is 6.44. The van der Waals surface area contributed by atoms with E-state index >= 15 is 0 Å². The topological polar surface area (TPSA) is 44.8 Å². The first-order chi connectivity index (χ1) is 15.0. The second-order valence-electron chi connectivity index (χ2n) is 8.12. The molecule has 2 aromatic carbocycles. The molecule has 1 saturated heterocycles. The van der Waals surface area contributed by atoms with Crippen LogP contribution in [0.3, 0.4) is 0 Å². The lowest BCUT2D eigenvalue weighted by atomic mass is 10.0. The minimum atomic E-state index is -0.272. The minimum absolute atomic E-state index is 0.00738. The molecule has 0 spiro atoms. The molecule has 1 fully saturated rings. The molecule has 2 aromatic rings. The monoisotopic (exact) mass is 427 g/mol. The van der Waals surface area contributed by atoms with E-state index in [4.69, 9.17) is 4.74 Å². The van der Waals surface area contributed by atoms with Crippen molar-refractivity contribution >= 4 is 11.6 Å². The van der Waals surface area contributed by atoms with Crippen LogP contribution in [0.15, 0.2) is 42.5 Å². The van der Waals surface area contributed by atoms with Gasteiger partial charge in [0.2, 0.25) is 5.91 Å². The molecule has 5 nitrogen and oxygen atoms in total. The van der Waals surface area contributed by atoms with Crippen LogP contribution in [0.25, 0.3) is 0 Å². The van der Waals surface area contributed by atoms with Gasteiger partial charge in [-0.15, -0.1) is 0 Å². The summed E-state index contributed by atoms with van der Waals surface area (Å²) in [6.45, 7) is 8.98. The standard InChI is InChI=1S/C25H34FN3O2/c1-4-28-14-16-29(17-15-28)24-13-10-21(26)18-23(24)19(2)27-25(30)7-5-6-20-8-11-22(31-3)12-9-20/h8-13,18-19H,4-7,14-17H2,1-3H3,(H,27,30). The predicted molar refractivity (Wildman–Crippen MR) is 123 cm³/mol. The highest BCUT2D eigenvalue weighted by molar-refractivity contribution is 5.76. The van der Waals surface area contributed by atoms with Gasteiger partial charge in [-0.25, -0.2) is 4.39 Å². The molecule has 0 radical (unpaired) electrons. The second-order valence-corrected chi connectivity index (χ2v) is 8.12. The smallest absolute Gasteiger partial charge is 0.220 e. The fourth-order valence-electron chi connectivity index (χ4n) is 4.10. The summed E-state index contributed by atoms with van der Waals surface area (Å²) in [5, 5.41) is 3.06. The number of rotatable bonds is 9. The molecule has 3 rings (SSSR count). The first kappa shape index (κ1) is 23.1. The lowest BCUT2D eigenvalue weighted by Crippen LogP contribution is -2.46. The van der Waals surface area contributed by atoms with Gasteiger partial charge in [-0.2, -0.15) is 0 Å². The molecular formula is C25H34FN3O2. The Kier molecular flexibility index (Phi) is 8.29. The van der Waals surface area contributed by atoms with E-state index in [0.717, 1.165) is 62.6 Å². The number of carbonyl (C=O) groups excluding carboxylic acids is 1. The Bertz CT molecular complexity index is 848. The summed E-state index contributed by atoms with van der Waals surface area (Å²) >= 11 is 0. The van der Waals surface area contributed by atoms with Crippen molar-refractivity contribution in [2.45, 2.75) is 39.2 Å². The summed E-state index contributed by atoms with van der Waals surface area (Å²) < 4.78 is 19.2. The number of likely N-dealkylation sites (N-methyl/N-ethyl adjacent to an activating group) is 1. The van der Waals surface area contributed by atoms with Crippen molar-refractivity contribution in [2.24, 2.45) is 0 Å². The van der Waals surface area contributed by atoms with Gasteiger partial charge in [-0.1, -0.05) is 19.1 Å². The molecular weight excluding hydrogens is 393 g/mol. The normalized spacial score (nSPS) is 15.5. The number of hydrogen-bond donors (Lipinski definition) is 1. The Hall–Kier alpha value is -2.60. The van der Waals surface area contributed by atoms with Gasteiger partial charge in [0.25, 0.3) is 0 Å². The number of nitrogens with one attached hydrogen (secondary N) is 1. The highest BCUT2D eigenvalue weighted by Crippen LogP contribution is 2.28. The summed E-state index contributed by atoms with van der Waals surface area (Å²) in [5.41, 5.74) is 3.04. The molecule has 1 N–H and O–H groups in total. The number of carbonyl (C=O) groups is 1. The van der Waals surface area contributed by atoms with Crippen LogP contribution in [0.1, 0.15) is 43.9 Å². The lowest BCUT2D eigenvalue weighted by molar-refractivity contribution is -0.121. The van der Waals surface area contributed by atoms with Crippen LogP contribution in [0.5, 0.6) is 5.75 Å². The summed E-state index contributed by atoms with van der Waals surface area (Å²) in [6.07, 6.45) is 2.04. The third-order valence-corrected chi connectivity index (χ3v) is 6.02. The van der Waals surface area contributed by atoms with E-state index in [0.29, 0.717) is 6.42 Å². The SMILES string of the molecule is CCN1CCN(c2ccc(F)cc2C(C)NC(=O)CCCc2ccc(OC)cc2)CC1. The molecule has 1 unspecified atom stereocenters. The van der Waals surface area contributed by atoms with E-state index in [1.807, 2.05) is 37.3 Å². The summed E-state index contributed by atoms with van der Waals surface area (Å²) in [5.74, 6) is 0.552. The summed E-state index contributed by atoms with van der Waals surface area (Å²) in [7, 11) is 1.65. The number of amides is 1. The van der Waals surface area contributed by atoms with Crippen molar-refractivity contribution in [1.82, 2.24) is 10.2 Å². The molecule has 1 aliphatic heterocycles. The molecule has 31 heavy (non-hydrogen) atoms. The largest absolute Gasteiger partial charge is 0.497 e. The van der Waals surface area contributed by atoms with Crippen LogP contribution >= 0.6 is 0 Å². The minimum Gasteiger partial charge on any atom is -0.497 e. The van der Waals surface area contributed by atoms with Gasteiger partial charge in [-0.3, -0.25) is 4.79 Å². The predicted octanol–water partition coefficient (Wildman–Crippen LogP) is 4.18.